The van der Waals surface area contributed by atoms with Crippen molar-refractivity contribution in [2.45, 2.75) is 51.6 Å². The first kappa shape index (κ1) is 36.5. The van der Waals surface area contributed by atoms with Crippen LogP contribution in [0.15, 0.2) is 85.2 Å². The SMILES string of the molecule is CCOc1cc(C(C(=O)N2CCC(C(=O)O)C2c2ccccc2)N(N)c2ccc3cnccc3c2)ccc1OC(C)C.O=C(O)C(F)(F)F. The molecule has 1 amide bonds. The summed E-state index contributed by atoms with van der Waals surface area (Å²) in [6.07, 6.45) is -1.34. The average Bonchev–Trinajstić information content (AvgIpc) is 3.52. The number of pyridine rings is 1. The number of carbonyl (C=O) groups excluding carboxylic acids is 1. The van der Waals surface area contributed by atoms with Gasteiger partial charge >= 0.3 is 18.1 Å². The van der Waals surface area contributed by atoms with E-state index in [1.807, 2.05) is 81.4 Å². The number of hydrazine groups is 1. The van der Waals surface area contributed by atoms with Crippen molar-refractivity contribution in [1.82, 2.24) is 9.88 Å². The number of aromatic nitrogens is 1. The summed E-state index contributed by atoms with van der Waals surface area (Å²) in [6, 6.07) is 20.7. The van der Waals surface area contributed by atoms with Crippen LogP contribution in [0.3, 0.4) is 0 Å². The third kappa shape index (κ3) is 8.76. The number of hydrogen-bond donors (Lipinski definition) is 3. The molecule has 3 atom stereocenters. The Morgan fingerprint density at radius 3 is 2.31 bits per heavy atom. The molecule has 5 rings (SSSR count). The highest BCUT2D eigenvalue weighted by Gasteiger charge is 2.45. The number of nitrogens with two attached hydrogens (primary N) is 1. The third-order valence-electron chi connectivity index (χ3n) is 7.76. The van der Waals surface area contributed by atoms with Crippen molar-refractivity contribution in [2.75, 3.05) is 18.2 Å². The van der Waals surface area contributed by atoms with Gasteiger partial charge in [0.1, 0.15) is 6.04 Å². The molecule has 49 heavy (non-hydrogen) atoms. The van der Waals surface area contributed by atoms with Crippen LogP contribution in [0.25, 0.3) is 10.8 Å². The Morgan fingerprint density at radius 1 is 1.00 bits per heavy atom. The number of aliphatic carboxylic acids is 2. The molecular formula is C35H37F3N4O7. The lowest BCUT2D eigenvalue weighted by atomic mass is 9.93. The van der Waals surface area contributed by atoms with Gasteiger partial charge in [-0.2, -0.15) is 13.2 Å². The maximum atomic E-state index is 14.6. The van der Waals surface area contributed by atoms with E-state index in [0.717, 1.165) is 16.3 Å². The fourth-order valence-corrected chi connectivity index (χ4v) is 5.63. The van der Waals surface area contributed by atoms with Crippen LogP contribution >= 0.6 is 0 Å². The Morgan fingerprint density at radius 2 is 1.69 bits per heavy atom. The minimum Gasteiger partial charge on any atom is -0.490 e. The average molecular weight is 683 g/mol. The topological polar surface area (TPSA) is 156 Å². The summed E-state index contributed by atoms with van der Waals surface area (Å²) in [7, 11) is 0. The van der Waals surface area contributed by atoms with E-state index < -0.39 is 36.1 Å². The Hall–Kier alpha value is -5.37. The van der Waals surface area contributed by atoms with Crippen molar-refractivity contribution in [1.29, 1.82) is 0 Å². The number of benzene rings is 3. The molecule has 0 radical (unpaired) electrons. The van der Waals surface area contributed by atoms with E-state index in [4.69, 9.17) is 25.2 Å². The van der Waals surface area contributed by atoms with Crippen LogP contribution in [0.1, 0.15) is 50.4 Å². The van der Waals surface area contributed by atoms with Crippen LogP contribution in [0.4, 0.5) is 18.9 Å². The number of halogens is 3. The summed E-state index contributed by atoms with van der Waals surface area (Å²) in [5, 5.41) is 20.5. The first-order valence-electron chi connectivity index (χ1n) is 15.4. The number of hydrogen-bond acceptors (Lipinski definition) is 8. The van der Waals surface area contributed by atoms with Gasteiger partial charge in [0, 0.05) is 24.3 Å². The van der Waals surface area contributed by atoms with Gasteiger partial charge in [0.05, 0.1) is 30.4 Å². The molecule has 260 valence electrons. The molecule has 4 N–H and O–H groups in total. The molecule has 0 bridgehead atoms. The largest absolute Gasteiger partial charge is 0.490 e. The normalized spacial score (nSPS) is 16.4. The Bertz CT molecular complexity index is 1770. The molecule has 11 nitrogen and oxygen atoms in total. The highest BCUT2D eigenvalue weighted by molar-refractivity contribution is 5.90. The zero-order valence-corrected chi connectivity index (χ0v) is 27.0. The predicted molar refractivity (Wildman–Crippen MR) is 175 cm³/mol. The van der Waals surface area contributed by atoms with Crippen molar-refractivity contribution >= 4 is 34.3 Å². The Balaban J connectivity index is 0.000000698. The molecule has 14 heteroatoms. The van der Waals surface area contributed by atoms with Gasteiger partial charge < -0.3 is 24.6 Å². The van der Waals surface area contributed by atoms with Gasteiger partial charge in [-0.15, -0.1) is 0 Å². The van der Waals surface area contributed by atoms with Crippen molar-refractivity contribution in [2.24, 2.45) is 11.8 Å². The lowest BCUT2D eigenvalue weighted by Crippen LogP contribution is -2.46. The number of likely N-dealkylation sites (tertiary alicyclic amines) is 1. The maximum absolute atomic E-state index is 14.6. The standard InChI is InChI=1S/C33H36N4O5.C2HF3O2/c1-4-41-29-19-24(11-13-28(29)42-21(2)3)31(37(34)26-12-10-25-20-35-16-14-23(25)18-26)32(38)36-17-15-27(33(39)40)30(36)22-8-6-5-7-9-22;3-2(4,5)1(6)7/h5-14,16,18-21,27,30-31H,4,15,17,34H2,1-3H3,(H,39,40);(H,6,7). The van der Waals surface area contributed by atoms with Gasteiger partial charge in [0.2, 0.25) is 0 Å². The second-order valence-corrected chi connectivity index (χ2v) is 11.4. The summed E-state index contributed by atoms with van der Waals surface area (Å²) in [5.41, 5.74) is 1.99. The Kier molecular flexibility index (Phi) is 11.7. The second kappa shape index (κ2) is 15.7. The molecule has 1 aliphatic heterocycles. The van der Waals surface area contributed by atoms with E-state index in [1.54, 1.807) is 29.4 Å². The number of anilines is 1. The van der Waals surface area contributed by atoms with Gasteiger partial charge in [-0.3, -0.25) is 19.6 Å². The summed E-state index contributed by atoms with van der Waals surface area (Å²) >= 11 is 0. The van der Waals surface area contributed by atoms with Crippen LogP contribution in [0.5, 0.6) is 11.5 Å². The van der Waals surface area contributed by atoms with Crippen molar-refractivity contribution in [3.05, 3.63) is 96.3 Å². The van der Waals surface area contributed by atoms with Gasteiger partial charge in [0.15, 0.2) is 11.5 Å². The van der Waals surface area contributed by atoms with Gasteiger partial charge in [0.25, 0.3) is 5.91 Å². The molecule has 0 saturated carbocycles. The zero-order valence-electron chi connectivity index (χ0n) is 27.0. The quantitative estimate of drug-likeness (QED) is 0.131. The van der Waals surface area contributed by atoms with Crippen molar-refractivity contribution in [3.63, 3.8) is 0 Å². The van der Waals surface area contributed by atoms with E-state index in [0.29, 0.717) is 35.8 Å². The molecule has 1 saturated heterocycles. The molecule has 1 aliphatic rings. The van der Waals surface area contributed by atoms with Gasteiger partial charge in [-0.1, -0.05) is 42.5 Å². The zero-order chi connectivity index (χ0) is 35.9. The van der Waals surface area contributed by atoms with E-state index in [2.05, 4.69) is 4.98 Å². The van der Waals surface area contributed by atoms with Gasteiger partial charge in [-0.25, -0.2) is 10.6 Å². The monoisotopic (exact) mass is 682 g/mol. The lowest BCUT2D eigenvalue weighted by molar-refractivity contribution is -0.192. The van der Waals surface area contributed by atoms with E-state index in [-0.39, 0.29) is 18.6 Å². The summed E-state index contributed by atoms with van der Waals surface area (Å²) < 4.78 is 43.6. The third-order valence-corrected chi connectivity index (χ3v) is 7.76. The smallest absolute Gasteiger partial charge is 0.490 e. The Labute approximate surface area is 280 Å². The maximum Gasteiger partial charge on any atom is 0.490 e. The molecule has 1 fully saturated rings. The number of fused-ring (bicyclic) bond motifs is 1. The molecule has 3 aromatic carbocycles. The second-order valence-electron chi connectivity index (χ2n) is 11.4. The van der Waals surface area contributed by atoms with Crippen LogP contribution in [-0.4, -0.2) is 63.4 Å². The van der Waals surface area contributed by atoms with Crippen molar-refractivity contribution in [3.8, 4) is 11.5 Å². The predicted octanol–water partition coefficient (Wildman–Crippen LogP) is 6.15. The number of rotatable bonds is 10. The number of nitrogens with zero attached hydrogens (tertiary/aromatic N) is 3. The highest BCUT2D eigenvalue weighted by atomic mass is 19.4. The lowest BCUT2D eigenvalue weighted by Gasteiger charge is -2.35. The molecule has 0 aliphatic carbocycles. The van der Waals surface area contributed by atoms with Crippen LogP contribution in [-0.2, 0) is 14.4 Å². The van der Waals surface area contributed by atoms with E-state index >= 15 is 0 Å². The number of ether oxygens (including phenoxy) is 2. The summed E-state index contributed by atoms with van der Waals surface area (Å²) in [6.45, 7) is 6.44. The first-order valence-corrected chi connectivity index (χ1v) is 15.4. The fourth-order valence-electron chi connectivity index (χ4n) is 5.63. The van der Waals surface area contributed by atoms with Crippen LogP contribution < -0.4 is 20.3 Å². The molecule has 0 spiro atoms. The number of carbonyl (C=O) groups is 3. The first-order chi connectivity index (χ1) is 23.2. The van der Waals surface area contributed by atoms with Gasteiger partial charge in [-0.05, 0) is 74.0 Å². The minimum atomic E-state index is -5.08. The molecule has 3 unspecified atom stereocenters. The highest BCUT2D eigenvalue weighted by Crippen LogP contribution is 2.42. The number of carboxylic acid groups (broad SMARTS) is 2. The molecule has 2 heterocycles. The molecular weight excluding hydrogens is 645 g/mol. The number of carboxylic acids is 2. The number of amides is 1. The number of alkyl halides is 3. The van der Waals surface area contributed by atoms with E-state index in [9.17, 15) is 27.9 Å². The summed E-state index contributed by atoms with van der Waals surface area (Å²) in [5.74, 6) is 3.18. The van der Waals surface area contributed by atoms with Crippen LogP contribution in [0, 0.1) is 5.92 Å². The molecule has 4 aromatic rings. The molecule has 1 aromatic heterocycles. The minimum absolute atomic E-state index is 0.0743. The summed E-state index contributed by atoms with van der Waals surface area (Å²) in [4.78, 5) is 41.7. The fraction of sp³-hybridized carbons (Fsp3) is 0.314. The van der Waals surface area contributed by atoms with Crippen LogP contribution in [0.2, 0.25) is 0 Å². The van der Waals surface area contributed by atoms with Crippen molar-refractivity contribution < 1.29 is 47.2 Å². The van der Waals surface area contributed by atoms with E-state index in [1.165, 1.54) is 5.01 Å².